The van der Waals surface area contributed by atoms with Crippen LogP contribution in [-0.2, 0) is 6.54 Å². The molecule has 0 saturated carbocycles. The highest BCUT2D eigenvalue weighted by Crippen LogP contribution is 2.27. The van der Waals surface area contributed by atoms with Crippen molar-refractivity contribution in [2.75, 3.05) is 13.1 Å². The lowest BCUT2D eigenvalue weighted by atomic mass is 9.89. The molecule has 1 saturated heterocycles. The van der Waals surface area contributed by atoms with Crippen LogP contribution in [0, 0.1) is 11.7 Å². The third-order valence-corrected chi connectivity index (χ3v) is 5.14. The highest BCUT2D eigenvalue weighted by Gasteiger charge is 2.35. The number of benzene rings is 1. The van der Waals surface area contributed by atoms with Gasteiger partial charge in [-0.05, 0) is 30.9 Å². The SMILES string of the molecule is CCC1(C)CN(Cc2cccc(F)c2Cl)C(C(C)C)CN1. The Kier molecular flexibility index (Phi) is 5.29. The molecule has 0 bridgehead atoms. The lowest BCUT2D eigenvalue weighted by Crippen LogP contribution is -2.63. The monoisotopic (exact) mass is 312 g/mol. The molecule has 1 aliphatic heterocycles. The summed E-state index contributed by atoms with van der Waals surface area (Å²) in [6, 6.07) is 5.53. The molecule has 1 N–H and O–H groups in total. The Morgan fingerprint density at radius 3 is 2.81 bits per heavy atom. The predicted octanol–water partition coefficient (Wildman–Crippen LogP) is 4.08. The van der Waals surface area contributed by atoms with Crippen molar-refractivity contribution in [1.82, 2.24) is 10.2 Å². The number of hydrogen-bond acceptors (Lipinski definition) is 2. The molecule has 1 aliphatic rings. The first kappa shape index (κ1) is 16.7. The fourth-order valence-electron chi connectivity index (χ4n) is 3.06. The van der Waals surface area contributed by atoms with Crippen LogP contribution >= 0.6 is 11.6 Å². The first-order valence-corrected chi connectivity index (χ1v) is 8.16. The topological polar surface area (TPSA) is 15.3 Å². The van der Waals surface area contributed by atoms with Gasteiger partial charge in [0.1, 0.15) is 5.82 Å². The van der Waals surface area contributed by atoms with Gasteiger partial charge in [-0.15, -0.1) is 0 Å². The standard InChI is InChI=1S/C17H26ClFN2/c1-5-17(4)11-21(15(9-20-17)12(2)3)10-13-7-6-8-14(19)16(13)18/h6-8,12,15,20H,5,9-11H2,1-4H3. The smallest absolute Gasteiger partial charge is 0.142 e. The molecule has 1 aromatic rings. The van der Waals surface area contributed by atoms with Crippen LogP contribution < -0.4 is 5.32 Å². The minimum absolute atomic E-state index is 0.116. The summed E-state index contributed by atoms with van der Waals surface area (Å²) in [6.07, 6.45) is 1.07. The molecular formula is C17H26ClFN2. The largest absolute Gasteiger partial charge is 0.309 e. The van der Waals surface area contributed by atoms with Gasteiger partial charge in [0.05, 0.1) is 5.02 Å². The number of hydrogen-bond donors (Lipinski definition) is 1. The molecule has 0 amide bonds. The maximum Gasteiger partial charge on any atom is 0.142 e. The molecule has 118 valence electrons. The molecule has 1 heterocycles. The van der Waals surface area contributed by atoms with Gasteiger partial charge in [-0.25, -0.2) is 4.39 Å². The number of nitrogens with zero attached hydrogens (tertiary/aromatic N) is 1. The zero-order valence-corrected chi connectivity index (χ0v) is 14.2. The lowest BCUT2D eigenvalue weighted by Gasteiger charge is -2.47. The van der Waals surface area contributed by atoms with E-state index in [0.717, 1.165) is 25.1 Å². The lowest BCUT2D eigenvalue weighted by molar-refractivity contribution is 0.0539. The molecule has 2 rings (SSSR count). The number of rotatable bonds is 4. The minimum Gasteiger partial charge on any atom is -0.309 e. The first-order valence-electron chi connectivity index (χ1n) is 7.78. The van der Waals surface area contributed by atoms with Gasteiger partial charge in [0.25, 0.3) is 0 Å². The van der Waals surface area contributed by atoms with E-state index in [0.29, 0.717) is 18.5 Å². The zero-order chi connectivity index (χ0) is 15.6. The second-order valence-corrected chi connectivity index (χ2v) is 7.10. The summed E-state index contributed by atoms with van der Waals surface area (Å²) in [5, 5.41) is 3.93. The highest BCUT2D eigenvalue weighted by molar-refractivity contribution is 6.31. The Morgan fingerprint density at radius 1 is 1.48 bits per heavy atom. The zero-order valence-electron chi connectivity index (χ0n) is 13.4. The molecule has 2 atom stereocenters. The molecule has 0 aliphatic carbocycles. The van der Waals surface area contributed by atoms with Crippen molar-refractivity contribution in [2.24, 2.45) is 5.92 Å². The fraction of sp³-hybridized carbons (Fsp3) is 0.647. The molecule has 0 aromatic heterocycles. The summed E-state index contributed by atoms with van der Waals surface area (Å²) in [4.78, 5) is 2.45. The van der Waals surface area contributed by atoms with Gasteiger partial charge in [-0.1, -0.05) is 44.5 Å². The van der Waals surface area contributed by atoms with Crippen LogP contribution in [-0.4, -0.2) is 29.6 Å². The Bertz CT molecular complexity index is 492. The fourth-order valence-corrected chi connectivity index (χ4v) is 3.24. The second kappa shape index (κ2) is 6.64. The normalized spacial score (nSPS) is 27.3. The van der Waals surface area contributed by atoms with Crippen molar-refractivity contribution in [1.29, 1.82) is 0 Å². The van der Waals surface area contributed by atoms with Crippen molar-refractivity contribution in [3.05, 3.63) is 34.6 Å². The molecular weight excluding hydrogens is 287 g/mol. The van der Waals surface area contributed by atoms with E-state index in [4.69, 9.17) is 11.6 Å². The summed E-state index contributed by atoms with van der Waals surface area (Å²) < 4.78 is 13.6. The average Bonchev–Trinajstić information content (AvgIpc) is 2.44. The number of halogens is 2. The van der Waals surface area contributed by atoms with Crippen molar-refractivity contribution >= 4 is 11.6 Å². The molecule has 0 spiro atoms. The molecule has 4 heteroatoms. The van der Waals surface area contributed by atoms with Crippen LogP contribution in [0.25, 0.3) is 0 Å². The highest BCUT2D eigenvalue weighted by atomic mass is 35.5. The summed E-state index contributed by atoms with van der Waals surface area (Å²) in [5.41, 5.74) is 0.994. The van der Waals surface area contributed by atoms with Crippen LogP contribution in [0.5, 0.6) is 0 Å². The maximum atomic E-state index is 13.6. The van der Waals surface area contributed by atoms with Crippen LogP contribution in [0.1, 0.15) is 39.7 Å². The number of nitrogens with one attached hydrogen (secondary N) is 1. The van der Waals surface area contributed by atoms with Crippen LogP contribution in [0.2, 0.25) is 5.02 Å². The maximum absolute atomic E-state index is 13.6. The molecule has 1 aromatic carbocycles. The second-order valence-electron chi connectivity index (χ2n) is 6.72. The molecule has 0 radical (unpaired) electrons. The van der Waals surface area contributed by atoms with Gasteiger partial charge in [0.15, 0.2) is 0 Å². The summed E-state index contributed by atoms with van der Waals surface area (Å²) in [6.45, 7) is 11.6. The predicted molar refractivity (Wildman–Crippen MR) is 87.1 cm³/mol. The third-order valence-electron chi connectivity index (χ3n) is 4.71. The van der Waals surface area contributed by atoms with Gasteiger partial charge >= 0.3 is 0 Å². The Labute approximate surface area is 132 Å². The molecule has 2 unspecified atom stereocenters. The molecule has 21 heavy (non-hydrogen) atoms. The van der Waals surface area contributed by atoms with Gasteiger partial charge < -0.3 is 5.32 Å². The van der Waals surface area contributed by atoms with E-state index in [1.807, 2.05) is 6.07 Å². The number of piperazine rings is 1. The van der Waals surface area contributed by atoms with E-state index in [2.05, 4.69) is 37.9 Å². The van der Waals surface area contributed by atoms with E-state index in [1.54, 1.807) is 6.07 Å². The summed E-state index contributed by atoms with van der Waals surface area (Å²) >= 11 is 6.13. The molecule has 1 fully saturated rings. The van der Waals surface area contributed by atoms with Crippen LogP contribution in [0.15, 0.2) is 18.2 Å². The van der Waals surface area contributed by atoms with Gasteiger partial charge in [-0.2, -0.15) is 0 Å². The van der Waals surface area contributed by atoms with Crippen molar-refractivity contribution in [2.45, 2.75) is 52.2 Å². The third kappa shape index (κ3) is 3.77. The minimum atomic E-state index is -0.330. The summed E-state index contributed by atoms with van der Waals surface area (Å²) in [5.74, 6) is 0.217. The van der Waals surface area contributed by atoms with Crippen LogP contribution in [0.3, 0.4) is 0 Å². The van der Waals surface area contributed by atoms with Crippen molar-refractivity contribution in [3.8, 4) is 0 Å². The van der Waals surface area contributed by atoms with E-state index in [1.165, 1.54) is 6.07 Å². The van der Waals surface area contributed by atoms with E-state index >= 15 is 0 Å². The Balaban J connectivity index is 2.22. The molecule has 2 nitrogen and oxygen atoms in total. The van der Waals surface area contributed by atoms with Gasteiger partial charge in [0, 0.05) is 31.2 Å². The van der Waals surface area contributed by atoms with Crippen molar-refractivity contribution in [3.63, 3.8) is 0 Å². The van der Waals surface area contributed by atoms with E-state index < -0.39 is 0 Å². The quantitative estimate of drug-likeness (QED) is 0.901. The van der Waals surface area contributed by atoms with E-state index in [-0.39, 0.29) is 16.4 Å². The van der Waals surface area contributed by atoms with Gasteiger partial charge in [0.2, 0.25) is 0 Å². The van der Waals surface area contributed by atoms with Crippen molar-refractivity contribution < 1.29 is 4.39 Å². The van der Waals surface area contributed by atoms with Gasteiger partial charge in [-0.3, -0.25) is 4.90 Å². The first-order chi connectivity index (χ1) is 9.86. The Morgan fingerprint density at radius 2 is 2.19 bits per heavy atom. The average molecular weight is 313 g/mol. The van der Waals surface area contributed by atoms with E-state index in [9.17, 15) is 4.39 Å². The van der Waals surface area contributed by atoms with Crippen LogP contribution in [0.4, 0.5) is 4.39 Å². The Hall–Kier alpha value is -0.640. The summed E-state index contributed by atoms with van der Waals surface area (Å²) in [7, 11) is 0.